The van der Waals surface area contributed by atoms with Crippen LogP contribution in [0.15, 0.2) is 30.3 Å². The van der Waals surface area contributed by atoms with Crippen molar-refractivity contribution in [2.24, 2.45) is 0 Å². The topological polar surface area (TPSA) is 215 Å². The number of aliphatic hydroxyl groups is 5. The van der Waals surface area contributed by atoms with Crippen molar-refractivity contribution >= 4 is 17.8 Å². The smallest absolute Gasteiger partial charge is 0.331 e. The Hall–Kier alpha value is -2.65. The van der Waals surface area contributed by atoms with Crippen LogP contribution in [-0.4, -0.2) is 104 Å². The Bertz CT molecular complexity index is 853. The number of carboxylic acids is 1. The van der Waals surface area contributed by atoms with Crippen LogP contribution in [0.5, 0.6) is 0 Å². The molecule has 0 bridgehead atoms. The van der Waals surface area contributed by atoms with E-state index < -0.39 is 79.7 Å². The van der Waals surface area contributed by atoms with Crippen molar-refractivity contribution in [3.8, 4) is 0 Å². The monoisotopic (exact) mass is 500 g/mol. The summed E-state index contributed by atoms with van der Waals surface area (Å²) in [4.78, 5) is 36.4. The summed E-state index contributed by atoms with van der Waals surface area (Å²) < 4.78 is 10.2. The van der Waals surface area contributed by atoms with Gasteiger partial charge < -0.3 is 50.7 Å². The van der Waals surface area contributed by atoms with Gasteiger partial charge in [-0.25, -0.2) is 4.79 Å². The molecule has 5 unspecified atom stereocenters. The molecule has 1 saturated heterocycles. The SMILES string of the molecule is CC(O)[C@H](NC(=O)[C@H](CCC(=O)O)NCC1(O)OCC(O)C(O)C1O)C(=O)OCc1ccccc1. The zero-order valence-electron chi connectivity index (χ0n) is 19.1. The van der Waals surface area contributed by atoms with Gasteiger partial charge in [0.25, 0.3) is 0 Å². The molecule has 1 amide bonds. The first kappa shape index (κ1) is 28.6. The molecule has 0 aliphatic carbocycles. The van der Waals surface area contributed by atoms with Gasteiger partial charge in [0.15, 0.2) is 6.04 Å². The number of carboxylic acid groups (broad SMARTS) is 1. The highest BCUT2D eigenvalue weighted by Crippen LogP contribution is 2.23. The maximum absolute atomic E-state index is 12.9. The van der Waals surface area contributed by atoms with Crippen molar-refractivity contribution in [2.75, 3.05) is 13.2 Å². The average molecular weight is 501 g/mol. The quantitative estimate of drug-likeness (QED) is 0.137. The molecule has 196 valence electrons. The fourth-order valence-corrected chi connectivity index (χ4v) is 3.36. The van der Waals surface area contributed by atoms with E-state index >= 15 is 0 Å². The zero-order chi connectivity index (χ0) is 26.2. The molecular weight excluding hydrogens is 468 g/mol. The number of hydrogen-bond acceptors (Lipinski definition) is 11. The van der Waals surface area contributed by atoms with Gasteiger partial charge in [0.2, 0.25) is 11.7 Å². The summed E-state index contributed by atoms with van der Waals surface area (Å²) in [5, 5.41) is 63.8. The Labute approximate surface area is 201 Å². The van der Waals surface area contributed by atoms with E-state index in [2.05, 4.69) is 10.6 Å². The van der Waals surface area contributed by atoms with E-state index in [1.807, 2.05) is 0 Å². The number of nitrogens with one attached hydrogen (secondary N) is 2. The molecule has 8 N–H and O–H groups in total. The van der Waals surface area contributed by atoms with Crippen LogP contribution in [0.25, 0.3) is 0 Å². The van der Waals surface area contributed by atoms with E-state index in [-0.39, 0.29) is 13.0 Å². The van der Waals surface area contributed by atoms with Crippen molar-refractivity contribution < 1.29 is 54.5 Å². The number of aliphatic carboxylic acids is 1. The second-order valence-corrected chi connectivity index (χ2v) is 8.34. The van der Waals surface area contributed by atoms with Crippen LogP contribution in [0.4, 0.5) is 0 Å². The van der Waals surface area contributed by atoms with Crippen LogP contribution in [0, 0.1) is 0 Å². The van der Waals surface area contributed by atoms with Crippen LogP contribution in [0.1, 0.15) is 25.3 Å². The lowest BCUT2D eigenvalue weighted by atomic mass is 9.96. The largest absolute Gasteiger partial charge is 0.481 e. The lowest BCUT2D eigenvalue weighted by molar-refractivity contribution is -0.318. The van der Waals surface area contributed by atoms with Crippen LogP contribution >= 0.6 is 0 Å². The normalized spacial score (nSPS) is 26.9. The van der Waals surface area contributed by atoms with E-state index in [0.29, 0.717) is 5.56 Å². The Morgan fingerprint density at radius 3 is 2.46 bits per heavy atom. The zero-order valence-corrected chi connectivity index (χ0v) is 19.1. The summed E-state index contributed by atoms with van der Waals surface area (Å²) in [6.07, 6.45) is -7.20. The van der Waals surface area contributed by atoms with Gasteiger partial charge in [0.05, 0.1) is 25.3 Å². The third-order valence-electron chi connectivity index (χ3n) is 5.51. The second-order valence-electron chi connectivity index (χ2n) is 8.34. The first-order chi connectivity index (χ1) is 16.4. The lowest BCUT2D eigenvalue weighted by Crippen LogP contribution is -2.65. The summed E-state index contributed by atoms with van der Waals surface area (Å²) in [6, 6.07) is 5.93. The number of aliphatic hydroxyl groups excluding tert-OH is 4. The summed E-state index contributed by atoms with van der Waals surface area (Å²) in [5.41, 5.74) is 0.684. The minimum Gasteiger partial charge on any atom is -0.481 e. The molecule has 1 aliphatic rings. The number of rotatable bonds is 12. The molecule has 35 heavy (non-hydrogen) atoms. The van der Waals surface area contributed by atoms with Gasteiger partial charge >= 0.3 is 11.9 Å². The lowest BCUT2D eigenvalue weighted by Gasteiger charge is -2.42. The Morgan fingerprint density at radius 1 is 1.20 bits per heavy atom. The maximum Gasteiger partial charge on any atom is 0.331 e. The van der Waals surface area contributed by atoms with Gasteiger partial charge in [0, 0.05) is 6.42 Å². The number of esters is 1. The number of carbonyl (C=O) groups excluding carboxylic acids is 2. The number of hydrogen-bond donors (Lipinski definition) is 8. The Morgan fingerprint density at radius 2 is 1.86 bits per heavy atom. The van der Waals surface area contributed by atoms with E-state index in [4.69, 9.17) is 14.6 Å². The third kappa shape index (κ3) is 8.21. The third-order valence-corrected chi connectivity index (χ3v) is 5.51. The first-order valence-corrected chi connectivity index (χ1v) is 11.0. The van der Waals surface area contributed by atoms with Crippen molar-refractivity contribution in [3.05, 3.63) is 35.9 Å². The van der Waals surface area contributed by atoms with E-state index in [1.165, 1.54) is 6.92 Å². The molecule has 1 fully saturated rings. The minimum absolute atomic E-state index is 0.101. The van der Waals surface area contributed by atoms with Gasteiger partial charge in [-0.2, -0.15) is 0 Å². The highest BCUT2D eigenvalue weighted by molar-refractivity contribution is 5.88. The van der Waals surface area contributed by atoms with Gasteiger partial charge in [-0.3, -0.25) is 9.59 Å². The van der Waals surface area contributed by atoms with Crippen LogP contribution < -0.4 is 10.6 Å². The van der Waals surface area contributed by atoms with Crippen molar-refractivity contribution in [3.63, 3.8) is 0 Å². The molecule has 13 heteroatoms. The molecule has 7 atom stereocenters. The first-order valence-electron chi connectivity index (χ1n) is 11.0. The summed E-state index contributed by atoms with van der Waals surface area (Å²) in [7, 11) is 0. The van der Waals surface area contributed by atoms with E-state index in [0.717, 1.165) is 0 Å². The van der Waals surface area contributed by atoms with Crippen molar-refractivity contribution in [1.29, 1.82) is 0 Å². The molecule has 0 radical (unpaired) electrons. The highest BCUT2D eigenvalue weighted by Gasteiger charge is 2.48. The van der Waals surface area contributed by atoms with Crippen LogP contribution in [0.3, 0.4) is 0 Å². The number of amides is 1. The predicted octanol–water partition coefficient (Wildman–Crippen LogP) is -2.78. The second kappa shape index (κ2) is 12.9. The van der Waals surface area contributed by atoms with Gasteiger partial charge in [-0.1, -0.05) is 30.3 Å². The number of carbonyl (C=O) groups is 3. The Kier molecular flexibility index (Phi) is 10.5. The van der Waals surface area contributed by atoms with E-state index in [9.17, 15) is 39.9 Å². The minimum atomic E-state index is -2.39. The number of ether oxygens (including phenoxy) is 2. The van der Waals surface area contributed by atoms with Crippen LogP contribution in [-0.2, 0) is 30.5 Å². The molecule has 1 heterocycles. The van der Waals surface area contributed by atoms with Crippen LogP contribution in [0.2, 0.25) is 0 Å². The molecule has 0 aromatic heterocycles. The molecule has 1 aromatic rings. The molecule has 1 aliphatic heterocycles. The van der Waals surface area contributed by atoms with Gasteiger partial charge in [-0.05, 0) is 18.9 Å². The number of benzene rings is 1. The standard InChI is InChI=1S/C22H32N2O11/c1-12(25)17(21(32)34-9-13-5-3-2-4-6-13)24-20(31)14(7-8-16(27)28)23-11-22(33)19(30)18(29)15(26)10-35-22/h2-6,12,14-15,17-19,23,25-26,29-30,33H,7-11H2,1H3,(H,24,31)(H,27,28)/t12?,14-,15?,17-,18?,19?,22?/m0/s1. The molecule has 13 nitrogen and oxygen atoms in total. The fraction of sp³-hybridized carbons (Fsp3) is 0.591. The maximum atomic E-state index is 12.9. The fourth-order valence-electron chi connectivity index (χ4n) is 3.36. The highest BCUT2D eigenvalue weighted by atomic mass is 16.6. The summed E-state index contributed by atoms with van der Waals surface area (Å²) >= 11 is 0. The summed E-state index contributed by atoms with van der Waals surface area (Å²) in [6.45, 7) is 0.0269. The molecule has 1 aromatic carbocycles. The van der Waals surface area contributed by atoms with E-state index in [1.54, 1.807) is 30.3 Å². The van der Waals surface area contributed by atoms with Gasteiger partial charge in [-0.15, -0.1) is 0 Å². The van der Waals surface area contributed by atoms with Crippen molar-refractivity contribution in [1.82, 2.24) is 10.6 Å². The predicted molar refractivity (Wildman–Crippen MR) is 117 cm³/mol. The van der Waals surface area contributed by atoms with Crippen molar-refractivity contribution in [2.45, 2.75) is 68.7 Å². The molecule has 0 saturated carbocycles. The van der Waals surface area contributed by atoms with Gasteiger partial charge in [0.1, 0.15) is 24.9 Å². The Balaban J connectivity index is 2.05. The summed E-state index contributed by atoms with van der Waals surface area (Å²) in [5.74, 6) is -5.41. The molecule has 2 rings (SSSR count). The molecule has 0 spiro atoms. The average Bonchev–Trinajstić information content (AvgIpc) is 2.82. The molecular formula is C22H32N2O11.